The van der Waals surface area contributed by atoms with Crippen molar-refractivity contribution in [3.63, 3.8) is 0 Å². The van der Waals surface area contributed by atoms with Gasteiger partial charge in [0.1, 0.15) is 17.5 Å². The number of hydrogen-bond acceptors (Lipinski definition) is 6. The molecule has 2 fully saturated rings. The van der Waals surface area contributed by atoms with E-state index in [9.17, 15) is 8.42 Å². The van der Waals surface area contributed by atoms with Gasteiger partial charge in [0.05, 0.1) is 11.5 Å². The Kier molecular flexibility index (Phi) is 3.77. The predicted octanol–water partition coefficient (Wildman–Crippen LogP) is 1.69. The molecule has 0 spiro atoms. The van der Waals surface area contributed by atoms with Crippen LogP contribution in [0.3, 0.4) is 0 Å². The third kappa shape index (κ3) is 3.28. The van der Waals surface area contributed by atoms with E-state index in [-0.39, 0.29) is 17.5 Å². The third-order valence-corrected chi connectivity index (χ3v) is 5.79. The first-order valence-corrected chi connectivity index (χ1v) is 9.40. The van der Waals surface area contributed by atoms with Gasteiger partial charge in [-0.05, 0) is 33.1 Å². The molecular formula is C14H22N4O2S. The van der Waals surface area contributed by atoms with Crippen LogP contribution in [0.15, 0.2) is 0 Å². The van der Waals surface area contributed by atoms with Gasteiger partial charge in [-0.15, -0.1) is 0 Å². The van der Waals surface area contributed by atoms with Gasteiger partial charge in [-0.3, -0.25) is 0 Å². The summed E-state index contributed by atoms with van der Waals surface area (Å²) in [6, 6.07) is -0.0369. The highest BCUT2D eigenvalue weighted by atomic mass is 32.2. The second kappa shape index (κ2) is 5.44. The van der Waals surface area contributed by atoms with Crippen LogP contribution in [0.25, 0.3) is 0 Å². The van der Waals surface area contributed by atoms with Crippen molar-refractivity contribution in [1.29, 1.82) is 0 Å². The first-order chi connectivity index (χ1) is 9.98. The maximum absolute atomic E-state index is 11.6. The van der Waals surface area contributed by atoms with Gasteiger partial charge in [0.25, 0.3) is 0 Å². The van der Waals surface area contributed by atoms with E-state index in [4.69, 9.17) is 0 Å². The van der Waals surface area contributed by atoms with Crippen molar-refractivity contribution in [2.24, 2.45) is 0 Å². The Morgan fingerprint density at radius 3 is 2.48 bits per heavy atom. The number of aromatic nitrogens is 2. The number of sulfone groups is 1. The van der Waals surface area contributed by atoms with Crippen LogP contribution >= 0.6 is 0 Å². The predicted molar refractivity (Wildman–Crippen MR) is 83.6 cm³/mol. The Hall–Kier alpha value is -1.37. The SMILES string of the molecule is CCNc1nc(C2CC2)nc(NC2CCS(=O)(=O)C2)c1C. The Morgan fingerprint density at radius 2 is 1.90 bits per heavy atom. The third-order valence-electron chi connectivity index (χ3n) is 4.02. The quantitative estimate of drug-likeness (QED) is 0.861. The standard InChI is InChI=1S/C14H22N4O2S/c1-3-15-12-9(2)13(18-14(17-12)10-4-5-10)16-11-6-7-21(19,20)8-11/h10-11H,3-8H2,1-2H3,(H2,15,16,17,18). The molecule has 2 N–H and O–H groups in total. The van der Waals surface area contributed by atoms with Crippen molar-refractivity contribution >= 4 is 21.5 Å². The minimum absolute atomic E-state index is 0.0369. The summed E-state index contributed by atoms with van der Waals surface area (Å²) in [6.07, 6.45) is 2.94. The summed E-state index contributed by atoms with van der Waals surface area (Å²) in [5.41, 5.74) is 0.963. The zero-order chi connectivity index (χ0) is 15.0. The Morgan fingerprint density at radius 1 is 1.19 bits per heavy atom. The lowest BCUT2D eigenvalue weighted by Gasteiger charge is -2.17. The summed E-state index contributed by atoms with van der Waals surface area (Å²) < 4.78 is 23.2. The molecule has 6 nitrogen and oxygen atoms in total. The van der Waals surface area contributed by atoms with E-state index in [0.717, 1.165) is 42.4 Å². The van der Waals surface area contributed by atoms with Crippen LogP contribution in [0.4, 0.5) is 11.6 Å². The van der Waals surface area contributed by atoms with E-state index in [1.54, 1.807) is 0 Å². The molecule has 1 saturated carbocycles. The summed E-state index contributed by atoms with van der Waals surface area (Å²) in [7, 11) is -2.88. The maximum atomic E-state index is 11.6. The van der Waals surface area contributed by atoms with Crippen molar-refractivity contribution < 1.29 is 8.42 Å². The Labute approximate surface area is 125 Å². The fourth-order valence-corrected chi connectivity index (χ4v) is 4.31. The molecule has 0 bridgehead atoms. The van der Waals surface area contributed by atoms with Crippen LogP contribution in [-0.4, -0.2) is 42.5 Å². The second-order valence-corrected chi connectivity index (χ2v) is 8.18. The molecule has 1 saturated heterocycles. The van der Waals surface area contributed by atoms with Gasteiger partial charge in [-0.2, -0.15) is 0 Å². The second-order valence-electron chi connectivity index (χ2n) is 5.95. The van der Waals surface area contributed by atoms with Crippen molar-refractivity contribution in [3.05, 3.63) is 11.4 Å². The summed E-state index contributed by atoms with van der Waals surface area (Å²) in [5.74, 6) is 3.45. The summed E-state index contributed by atoms with van der Waals surface area (Å²) in [5, 5.41) is 6.59. The molecule has 0 amide bonds. The van der Waals surface area contributed by atoms with Gasteiger partial charge in [0, 0.05) is 24.1 Å². The smallest absolute Gasteiger partial charge is 0.152 e. The van der Waals surface area contributed by atoms with Crippen molar-refractivity contribution in [2.45, 2.75) is 45.1 Å². The van der Waals surface area contributed by atoms with Gasteiger partial charge in [-0.1, -0.05) is 0 Å². The van der Waals surface area contributed by atoms with Crippen molar-refractivity contribution in [3.8, 4) is 0 Å². The molecular weight excluding hydrogens is 288 g/mol. The molecule has 21 heavy (non-hydrogen) atoms. The van der Waals surface area contributed by atoms with Crippen LogP contribution in [-0.2, 0) is 9.84 Å². The Balaban J connectivity index is 1.86. The zero-order valence-electron chi connectivity index (χ0n) is 12.5. The van der Waals surface area contributed by atoms with Crippen LogP contribution in [0, 0.1) is 6.92 Å². The lowest BCUT2D eigenvalue weighted by Crippen LogP contribution is -2.23. The molecule has 1 atom stereocenters. The summed E-state index contributed by atoms with van der Waals surface area (Å²) in [4.78, 5) is 9.24. The monoisotopic (exact) mass is 310 g/mol. The van der Waals surface area contributed by atoms with Crippen LogP contribution in [0.2, 0.25) is 0 Å². The van der Waals surface area contributed by atoms with E-state index in [2.05, 4.69) is 20.6 Å². The average Bonchev–Trinajstić information content (AvgIpc) is 3.20. The molecule has 116 valence electrons. The number of rotatable bonds is 5. The summed E-state index contributed by atoms with van der Waals surface area (Å²) in [6.45, 7) is 4.81. The molecule has 7 heteroatoms. The molecule has 2 aliphatic rings. The van der Waals surface area contributed by atoms with E-state index in [1.165, 1.54) is 0 Å². The Bertz CT molecular complexity index is 641. The van der Waals surface area contributed by atoms with Gasteiger partial charge in [0.2, 0.25) is 0 Å². The average molecular weight is 310 g/mol. The zero-order valence-corrected chi connectivity index (χ0v) is 13.3. The van der Waals surface area contributed by atoms with Crippen LogP contribution in [0.5, 0.6) is 0 Å². The van der Waals surface area contributed by atoms with Gasteiger partial charge in [0.15, 0.2) is 9.84 Å². The molecule has 1 aliphatic carbocycles. The first-order valence-electron chi connectivity index (χ1n) is 7.58. The molecule has 0 radical (unpaired) electrons. The number of anilines is 2. The van der Waals surface area contributed by atoms with E-state index in [1.807, 2.05) is 13.8 Å². The van der Waals surface area contributed by atoms with Crippen LogP contribution in [0.1, 0.15) is 43.5 Å². The lowest BCUT2D eigenvalue weighted by molar-refractivity contribution is 0.602. The highest BCUT2D eigenvalue weighted by molar-refractivity contribution is 7.91. The van der Waals surface area contributed by atoms with Gasteiger partial charge >= 0.3 is 0 Å². The fourth-order valence-electron chi connectivity index (χ4n) is 2.64. The number of nitrogens with zero attached hydrogens (tertiary/aromatic N) is 2. The fraction of sp³-hybridized carbons (Fsp3) is 0.714. The number of nitrogens with one attached hydrogen (secondary N) is 2. The lowest BCUT2D eigenvalue weighted by atomic mass is 10.2. The number of hydrogen-bond donors (Lipinski definition) is 2. The minimum atomic E-state index is -2.88. The van der Waals surface area contributed by atoms with E-state index < -0.39 is 9.84 Å². The highest BCUT2D eigenvalue weighted by Gasteiger charge is 2.31. The van der Waals surface area contributed by atoms with Crippen molar-refractivity contribution in [1.82, 2.24) is 9.97 Å². The normalized spacial score (nSPS) is 24.0. The largest absolute Gasteiger partial charge is 0.370 e. The molecule has 1 unspecified atom stereocenters. The summed E-state index contributed by atoms with van der Waals surface area (Å²) >= 11 is 0. The van der Waals surface area contributed by atoms with Crippen molar-refractivity contribution in [2.75, 3.05) is 28.7 Å². The van der Waals surface area contributed by atoms with Gasteiger partial charge < -0.3 is 10.6 Å². The molecule has 1 aliphatic heterocycles. The minimum Gasteiger partial charge on any atom is -0.370 e. The van der Waals surface area contributed by atoms with Crippen LogP contribution < -0.4 is 10.6 Å². The maximum Gasteiger partial charge on any atom is 0.152 e. The van der Waals surface area contributed by atoms with Gasteiger partial charge in [-0.25, -0.2) is 18.4 Å². The topological polar surface area (TPSA) is 84.0 Å². The first kappa shape index (κ1) is 14.6. The molecule has 1 aromatic heterocycles. The molecule has 0 aromatic carbocycles. The van der Waals surface area contributed by atoms with E-state index in [0.29, 0.717) is 12.3 Å². The molecule has 1 aromatic rings. The highest BCUT2D eigenvalue weighted by Crippen LogP contribution is 2.39. The van der Waals surface area contributed by atoms with E-state index >= 15 is 0 Å². The molecule has 2 heterocycles. The molecule has 3 rings (SSSR count).